The standard InChI is InChI=1S/C13H11BrClNO3S/c1-9-6-12(4-5-13(9)20(15,17)18)19-8-11-3-2-10(14)7-16-11/h2-7H,8H2,1H3. The second-order valence-electron chi connectivity index (χ2n) is 4.12. The van der Waals surface area contributed by atoms with Crippen LogP contribution in [-0.4, -0.2) is 13.4 Å². The van der Waals surface area contributed by atoms with E-state index in [-0.39, 0.29) is 4.90 Å². The molecular weight excluding hydrogens is 366 g/mol. The molecule has 0 bridgehead atoms. The molecule has 106 valence electrons. The Morgan fingerprint density at radius 1 is 1.30 bits per heavy atom. The number of hydrogen-bond acceptors (Lipinski definition) is 4. The van der Waals surface area contributed by atoms with E-state index in [2.05, 4.69) is 20.9 Å². The first-order valence-corrected chi connectivity index (χ1v) is 8.75. The zero-order valence-corrected chi connectivity index (χ0v) is 13.7. The smallest absolute Gasteiger partial charge is 0.261 e. The van der Waals surface area contributed by atoms with Crippen molar-refractivity contribution in [3.05, 3.63) is 52.3 Å². The van der Waals surface area contributed by atoms with E-state index in [4.69, 9.17) is 15.4 Å². The van der Waals surface area contributed by atoms with Crippen LogP contribution in [0.15, 0.2) is 45.9 Å². The summed E-state index contributed by atoms with van der Waals surface area (Å²) in [6, 6.07) is 8.35. The minimum atomic E-state index is -3.72. The van der Waals surface area contributed by atoms with Crippen LogP contribution < -0.4 is 4.74 Å². The van der Waals surface area contributed by atoms with Gasteiger partial charge >= 0.3 is 0 Å². The van der Waals surface area contributed by atoms with Crippen molar-refractivity contribution in [2.75, 3.05) is 0 Å². The minimum absolute atomic E-state index is 0.0910. The van der Waals surface area contributed by atoms with E-state index in [0.717, 1.165) is 10.2 Å². The Kier molecular flexibility index (Phi) is 4.67. The maximum absolute atomic E-state index is 11.3. The molecule has 0 aliphatic carbocycles. The third-order valence-corrected chi connectivity index (χ3v) is 4.54. The van der Waals surface area contributed by atoms with Gasteiger partial charge in [0.2, 0.25) is 0 Å². The van der Waals surface area contributed by atoms with Gasteiger partial charge in [0.1, 0.15) is 12.4 Å². The van der Waals surface area contributed by atoms with Crippen molar-refractivity contribution in [1.29, 1.82) is 0 Å². The molecule has 4 nitrogen and oxygen atoms in total. The fraction of sp³-hybridized carbons (Fsp3) is 0.154. The fourth-order valence-electron chi connectivity index (χ4n) is 1.63. The quantitative estimate of drug-likeness (QED) is 0.764. The van der Waals surface area contributed by atoms with E-state index >= 15 is 0 Å². The van der Waals surface area contributed by atoms with Gasteiger partial charge in [-0.3, -0.25) is 4.98 Å². The highest BCUT2D eigenvalue weighted by Crippen LogP contribution is 2.24. The molecule has 0 aliphatic heterocycles. The van der Waals surface area contributed by atoms with E-state index in [1.807, 2.05) is 12.1 Å². The van der Waals surface area contributed by atoms with Crippen molar-refractivity contribution in [1.82, 2.24) is 4.98 Å². The largest absolute Gasteiger partial charge is 0.487 e. The molecule has 0 N–H and O–H groups in total. The Balaban J connectivity index is 2.11. The minimum Gasteiger partial charge on any atom is -0.487 e. The predicted octanol–water partition coefficient (Wildman–Crippen LogP) is 3.66. The molecule has 0 unspecified atom stereocenters. The van der Waals surface area contributed by atoms with Gasteiger partial charge in [-0.1, -0.05) is 0 Å². The van der Waals surface area contributed by atoms with Gasteiger partial charge in [-0.15, -0.1) is 0 Å². The van der Waals surface area contributed by atoms with Crippen LogP contribution in [-0.2, 0) is 15.7 Å². The third kappa shape index (κ3) is 3.94. The Morgan fingerprint density at radius 2 is 2.05 bits per heavy atom. The summed E-state index contributed by atoms with van der Waals surface area (Å²) in [5, 5.41) is 0. The highest BCUT2D eigenvalue weighted by atomic mass is 79.9. The summed E-state index contributed by atoms with van der Waals surface area (Å²) < 4.78 is 29.0. The number of aryl methyl sites for hydroxylation is 1. The van der Waals surface area contributed by atoms with Crippen molar-refractivity contribution < 1.29 is 13.2 Å². The SMILES string of the molecule is Cc1cc(OCc2ccc(Br)cn2)ccc1S(=O)(=O)Cl. The molecular formula is C13H11BrClNO3S. The van der Waals surface area contributed by atoms with Gasteiger partial charge < -0.3 is 4.74 Å². The Hall–Kier alpha value is -1.11. The summed E-state index contributed by atoms with van der Waals surface area (Å²) in [6.45, 7) is 1.97. The third-order valence-electron chi connectivity index (χ3n) is 2.58. The van der Waals surface area contributed by atoms with Gasteiger partial charge in [0.15, 0.2) is 0 Å². The normalized spacial score (nSPS) is 11.3. The highest BCUT2D eigenvalue weighted by molar-refractivity contribution is 9.10. The van der Waals surface area contributed by atoms with E-state index in [1.54, 1.807) is 25.3 Å². The van der Waals surface area contributed by atoms with Crippen molar-refractivity contribution in [3.63, 3.8) is 0 Å². The molecule has 0 radical (unpaired) electrons. The van der Waals surface area contributed by atoms with Crippen molar-refractivity contribution in [3.8, 4) is 5.75 Å². The molecule has 0 amide bonds. The zero-order valence-electron chi connectivity index (χ0n) is 10.5. The molecule has 1 aromatic carbocycles. The van der Waals surface area contributed by atoms with Crippen LogP contribution in [0.4, 0.5) is 0 Å². The molecule has 0 aliphatic rings. The van der Waals surface area contributed by atoms with Gasteiger partial charge in [-0.05, 0) is 58.7 Å². The number of benzene rings is 1. The molecule has 0 saturated carbocycles. The van der Waals surface area contributed by atoms with Crippen LogP contribution in [0.1, 0.15) is 11.3 Å². The number of nitrogens with zero attached hydrogens (tertiary/aromatic N) is 1. The average molecular weight is 377 g/mol. The molecule has 1 aromatic heterocycles. The molecule has 0 fully saturated rings. The molecule has 20 heavy (non-hydrogen) atoms. The lowest BCUT2D eigenvalue weighted by atomic mass is 10.2. The van der Waals surface area contributed by atoms with Gasteiger partial charge in [-0.25, -0.2) is 8.42 Å². The summed E-state index contributed by atoms with van der Waals surface area (Å²) in [5.41, 5.74) is 1.32. The van der Waals surface area contributed by atoms with Crippen molar-refractivity contribution >= 4 is 35.7 Å². The van der Waals surface area contributed by atoms with Crippen LogP contribution in [0.5, 0.6) is 5.75 Å². The first-order chi connectivity index (χ1) is 9.36. The summed E-state index contributed by atoms with van der Waals surface area (Å²) in [5.74, 6) is 0.566. The number of aromatic nitrogens is 1. The molecule has 7 heteroatoms. The number of ether oxygens (including phenoxy) is 1. The summed E-state index contributed by atoms with van der Waals surface area (Å²) >= 11 is 3.30. The first-order valence-electron chi connectivity index (χ1n) is 5.65. The predicted molar refractivity (Wildman–Crippen MR) is 80.5 cm³/mol. The second-order valence-corrected chi connectivity index (χ2v) is 7.57. The van der Waals surface area contributed by atoms with E-state index in [1.165, 1.54) is 6.07 Å². The lowest BCUT2D eigenvalue weighted by Crippen LogP contribution is -1.99. The zero-order chi connectivity index (χ0) is 14.8. The van der Waals surface area contributed by atoms with E-state index in [0.29, 0.717) is 17.9 Å². The summed E-state index contributed by atoms with van der Waals surface area (Å²) in [7, 11) is 1.60. The molecule has 0 saturated heterocycles. The van der Waals surface area contributed by atoms with Crippen LogP contribution in [0.2, 0.25) is 0 Å². The molecule has 2 rings (SSSR count). The average Bonchev–Trinajstić information content (AvgIpc) is 2.36. The molecule has 0 atom stereocenters. The first kappa shape index (κ1) is 15.3. The van der Waals surface area contributed by atoms with Gasteiger partial charge in [0.25, 0.3) is 9.05 Å². The number of rotatable bonds is 4. The monoisotopic (exact) mass is 375 g/mol. The van der Waals surface area contributed by atoms with Crippen LogP contribution in [0.25, 0.3) is 0 Å². The molecule has 2 aromatic rings. The topological polar surface area (TPSA) is 56.3 Å². The maximum Gasteiger partial charge on any atom is 0.261 e. The number of halogens is 2. The van der Waals surface area contributed by atoms with Crippen LogP contribution in [0, 0.1) is 6.92 Å². The molecule has 1 heterocycles. The van der Waals surface area contributed by atoms with Crippen LogP contribution >= 0.6 is 26.6 Å². The van der Waals surface area contributed by atoms with Gasteiger partial charge in [0, 0.05) is 21.4 Å². The molecule has 0 spiro atoms. The highest BCUT2D eigenvalue weighted by Gasteiger charge is 2.13. The van der Waals surface area contributed by atoms with Gasteiger partial charge in [-0.2, -0.15) is 0 Å². The van der Waals surface area contributed by atoms with Gasteiger partial charge in [0.05, 0.1) is 10.6 Å². The Morgan fingerprint density at radius 3 is 2.60 bits per heavy atom. The lowest BCUT2D eigenvalue weighted by Gasteiger charge is -2.08. The fourth-order valence-corrected chi connectivity index (χ4v) is 3.06. The lowest BCUT2D eigenvalue weighted by molar-refractivity contribution is 0.301. The Bertz CT molecular complexity index is 717. The summed E-state index contributed by atoms with van der Waals surface area (Å²) in [4.78, 5) is 4.27. The maximum atomic E-state index is 11.3. The second kappa shape index (κ2) is 6.11. The van der Waals surface area contributed by atoms with E-state index < -0.39 is 9.05 Å². The number of hydrogen-bond donors (Lipinski definition) is 0. The number of pyridine rings is 1. The summed E-state index contributed by atoms with van der Waals surface area (Å²) in [6.07, 6.45) is 1.69. The van der Waals surface area contributed by atoms with Crippen molar-refractivity contribution in [2.45, 2.75) is 18.4 Å². The van der Waals surface area contributed by atoms with E-state index in [9.17, 15) is 8.42 Å². The Labute approximate surface area is 130 Å². The van der Waals surface area contributed by atoms with Crippen LogP contribution in [0.3, 0.4) is 0 Å². The van der Waals surface area contributed by atoms with Crippen molar-refractivity contribution in [2.24, 2.45) is 0 Å².